The Morgan fingerprint density at radius 3 is 2.65 bits per heavy atom. The topological polar surface area (TPSA) is 104 Å². The van der Waals surface area contributed by atoms with E-state index in [2.05, 4.69) is 26.3 Å². The quantitative estimate of drug-likeness (QED) is 0.868. The second-order valence-corrected chi connectivity index (χ2v) is 4.48. The molecule has 0 atom stereocenters. The Labute approximate surface area is 117 Å². The minimum Gasteiger partial charge on any atom is -0.368 e. The molecule has 0 radical (unpaired) electrons. The van der Waals surface area contributed by atoms with Crippen molar-refractivity contribution in [1.82, 2.24) is 15.0 Å². The standard InChI is InChI=1S/C13H15N7/c1-8-4-5-9(7-14)6-10(8)16-12-17-11(15)18-13(19-12)20(2)3/h4-6H,1-3H3,(H3,15,16,17,18,19). The molecule has 0 saturated heterocycles. The molecule has 20 heavy (non-hydrogen) atoms. The number of nitrogens with two attached hydrogens (primary N) is 1. The van der Waals surface area contributed by atoms with Gasteiger partial charge in [0, 0.05) is 19.8 Å². The summed E-state index contributed by atoms with van der Waals surface area (Å²) < 4.78 is 0. The van der Waals surface area contributed by atoms with Gasteiger partial charge in [0.05, 0.1) is 11.6 Å². The molecular formula is C13H15N7. The number of nitrogens with zero attached hydrogens (tertiary/aromatic N) is 5. The van der Waals surface area contributed by atoms with Gasteiger partial charge in [-0.1, -0.05) is 6.07 Å². The molecule has 0 amide bonds. The molecule has 3 N–H and O–H groups in total. The highest BCUT2D eigenvalue weighted by Crippen LogP contribution is 2.20. The molecular weight excluding hydrogens is 254 g/mol. The van der Waals surface area contributed by atoms with Crippen molar-refractivity contribution in [3.63, 3.8) is 0 Å². The predicted molar refractivity (Wildman–Crippen MR) is 77.7 cm³/mol. The van der Waals surface area contributed by atoms with E-state index < -0.39 is 0 Å². The van der Waals surface area contributed by atoms with E-state index in [4.69, 9.17) is 11.0 Å². The lowest BCUT2D eigenvalue weighted by Gasteiger charge is -2.13. The Morgan fingerprint density at radius 1 is 1.25 bits per heavy atom. The monoisotopic (exact) mass is 269 g/mol. The summed E-state index contributed by atoms with van der Waals surface area (Å²) in [6, 6.07) is 7.45. The summed E-state index contributed by atoms with van der Waals surface area (Å²) in [7, 11) is 3.64. The van der Waals surface area contributed by atoms with Gasteiger partial charge < -0.3 is 16.0 Å². The summed E-state index contributed by atoms with van der Waals surface area (Å²) in [5.74, 6) is 0.953. The van der Waals surface area contributed by atoms with Crippen LogP contribution in [-0.4, -0.2) is 29.0 Å². The zero-order valence-corrected chi connectivity index (χ0v) is 11.5. The van der Waals surface area contributed by atoms with E-state index in [0.717, 1.165) is 11.3 Å². The fourth-order valence-corrected chi connectivity index (χ4v) is 1.58. The Balaban J connectivity index is 2.37. The zero-order chi connectivity index (χ0) is 14.7. The molecule has 1 heterocycles. The zero-order valence-electron chi connectivity index (χ0n) is 11.5. The van der Waals surface area contributed by atoms with Crippen molar-refractivity contribution in [2.45, 2.75) is 6.92 Å². The molecule has 0 aliphatic rings. The summed E-state index contributed by atoms with van der Waals surface area (Å²) in [5.41, 5.74) is 7.97. The average Bonchev–Trinajstić information content (AvgIpc) is 2.40. The summed E-state index contributed by atoms with van der Waals surface area (Å²) in [4.78, 5) is 14.1. The molecule has 7 nitrogen and oxygen atoms in total. The fourth-order valence-electron chi connectivity index (χ4n) is 1.58. The number of anilines is 4. The first-order chi connectivity index (χ1) is 9.49. The van der Waals surface area contributed by atoms with Gasteiger partial charge >= 0.3 is 0 Å². The summed E-state index contributed by atoms with van der Waals surface area (Å²) in [5, 5.41) is 12.0. The smallest absolute Gasteiger partial charge is 0.233 e. The van der Waals surface area contributed by atoms with Gasteiger partial charge in [-0.2, -0.15) is 20.2 Å². The first kappa shape index (κ1) is 13.5. The van der Waals surface area contributed by atoms with Crippen molar-refractivity contribution < 1.29 is 0 Å². The lowest BCUT2D eigenvalue weighted by atomic mass is 10.1. The first-order valence-electron chi connectivity index (χ1n) is 5.96. The maximum Gasteiger partial charge on any atom is 0.233 e. The number of nitriles is 1. The number of benzene rings is 1. The van der Waals surface area contributed by atoms with Gasteiger partial charge in [-0.3, -0.25) is 0 Å². The van der Waals surface area contributed by atoms with Gasteiger partial charge in [-0.15, -0.1) is 0 Å². The molecule has 0 fully saturated rings. The van der Waals surface area contributed by atoms with E-state index in [1.54, 1.807) is 17.0 Å². The minimum absolute atomic E-state index is 0.139. The van der Waals surface area contributed by atoms with E-state index in [1.165, 1.54) is 0 Å². The van der Waals surface area contributed by atoms with Crippen LogP contribution in [0.25, 0.3) is 0 Å². The van der Waals surface area contributed by atoms with Gasteiger partial charge in [0.1, 0.15) is 0 Å². The summed E-state index contributed by atoms with van der Waals surface area (Å²) >= 11 is 0. The van der Waals surface area contributed by atoms with Crippen LogP contribution in [0.4, 0.5) is 23.5 Å². The molecule has 1 aromatic heterocycles. The van der Waals surface area contributed by atoms with Crippen molar-refractivity contribution in [2.75, 3.05) is 30.0 Å². The fraction of sp³-hybridized carbons (Fsp3) is 0.231. The molecule has 0 unspecified atom stereocenters. The Kier molecular flexibility index (Phi) is 3.66. The lowest BCUT2D eigenvalue weighted by Crippen LogP contribution is -2.15. The van der Waals surface area contributed by atoms with E-state index in [0.29, 0.717) is 17.5 Å². The Hall–Kier alpha value is -2.88. The number of nitrogen functional groups attached to an aromatic ring is 1. The van der Waals surface area contributed by atoms with Gasteiger partial charge in [-0.25, -0.2) is 0 Å². The van der Waals surface area contributed by atoms with Gasteiger partial charge in [0.15, 0.2) is 0 Å². The SMILES string of the molecule is Cc1ccc(C#N)cc1Nc1nc(N)nc(N(C)C)n1. The van der Waals surface area contributed by atoms with Crippen LogP contribution in [0.15, 0.2) is 18.2 Å². The second kappa shape index (κ2) is 5.40. The largest absolute Gasteiger partial charge is 0.368 e. The number of aromatic nitrogens is 3. The number of rotatable bonds is 3. The van der Waals surface area contributed by atoms with E-state index >= 15 is 0 Å². The van der Waals surface area contributed by atoms with Crippen LogP contribution < -0.4 is 16.0 Å². The summed E-state index contributed by atoms with van der Waals surface area (Å²) in [6.45, 7) is 1.93. The Bertz CT molecular complexity index is 673. The van der Waals surface area contributed by atoms with Gasteiger partial charge in [-0.05, 0) is 24.6 Å². The van der Waals surface area contributed by atoms with Crippen LogP contribution in [0.5, 0.6) is 0 Å². The van der Waals surface area contributed by atoms with E-state index in [9.17, 15) is 0 Å². The number of hydrogen-bond acceptors (Lipinski definition) is 7. The van der Waals surface area contributed by atoms with Crippen LogP contribution in [-0.2, 0) is 0 Å². The average molecular weight is 269 g/mol. The maximum absolute atomic E-state index is 8.93. The molecule has 0 bridgehead atoms. The molecule has 0 spiro atoms. The lowest BCUT2D eigenvalue weighted by molar-refractivity contribution is 0.969. The van der Waals surface area contributed by atoms with E-state index in [1.807, 2.05) is 27.1 Å². The van der Waals surface area contributed by atoms with Crippen molar-refractivity contribution in [2.24, 2.45) is 0 Å². The molecule has 102 valence electrons. The molecule has 1 aromatic carbocycles. The third-order valence-corrected chi connectivity index (χ3v) is 2.65. The van der Waals surface area contributed by atoms with Gasteiger partial charge in [0.25, 0.3) is 0 Å². The molecule has 7 heteroatoms. The minimum atomic E-state index is 0.139. The Morgan fingerprint density at radius 2 is 2.00 bits per heavy atom. The highest BCUT2D eigenvalue weighted by atomic mass is 15.3. The van der Waals surface area contributed by atoms with Crippen LogP contribution in [0.1, 0.15) is 11.1 Å². The molecule has 2 aromatic rings. The molecule has 0 aliphatic heterocycles. The van der Waals surface area contributed by atoms with Crippen molar-refractivity contribution in [3.8, 4) is 6.07 Å². The predicted octanol–water partition coefficient (Wildman–Crippen LogP) is 1.44. The number of hydrogen-bond donors (Lipinski definition) is 2. The van der Waals surface area contributed by atoms with Gasteiger partial charge in [0.2, 0.25) is 17.8 Å². The number of nitrogens with one attached hydrogen (secondary N) is 1. The summed E-state index contributed by atoms with van der Waals surface area (Å²) in [6.07, 6.45) is 0. The highest BCUT2D eigenvalue weighted by molar-refractivity contribution is 5.62. The van der Waals surface area contributed by atoms with E-state index in [-0.39, 0.29) is 5.95 Å². The first-order valence-corrected chi connectivity index (χ1v) is 5.96. The third-order valence-electron chi connectivity index (χ3n) is 2.65. The molecule has 0 saturated carbocycles. The molecule has 0 aliphatic carbocycles. The van der Waals surface area contributed by atoms with Crippen LogP contribution in [0, 0.1) is 18.3 Å². The highest BCUT2D eigenvalue weighted by Gasteiger charge is 2.08. The van der Waals surface area contributed by atoms with Crippen molar-refractivity contribution in [3.05, 3.63) is 29.3 Å². The normalized spacial score (nSPS) is 9.90. The molecule has 2 rings (SSSR count). The number of aryl methyl sites for hydroxylation is 1. The van der Waals surface area contributed by atoms with Crippen molar-refractivity contribution >= 4 is 23.5 Å². The maximum atomic E-state index is 8.93. The second-order valence-electron chi connectivity index (χ2n) is 4.48. The van der Waals surface area contributed by atoms with Crippen LogP contribution in [0.2, 0.25) is 0 Å². The third kappa shape index (κ3) is 2.92. The van der Waals surface area contributed by atoms with Crippen molar-refractivity contribution in [1.29, 1.82) is 5.26 Å². The van der Waals surface area contributed by atoms with Crippen LogP contribution in [0.3, 0.4) is 0 Å². The van der Waals surface area contributed by atoms with Crippen LogP contribution >= 0.6 is 0 Å².